The molecule has 0 radical (unpaired) electrons. The van der Waals surface area contributed by atoms with Crippen molar-refractivity contribution in [3.05, 3.63) is 65.9 Å². The number of nitrogens with zero attached hydrogens (tertiary/aromatic N) is 13. The first-order chi connectivity index (χ1) is 22.1. The van der Waals surface area contributed by atoms with Crippen molar-refractivity contribution in [3.8, 4) is 6.07 Å². The number of hydrogen-bond acceptors (Lipinski definition) is 12. The van der Waals surface area contributed by atoms with Gasteiger partial charge in [-0.05, 0) is 30.9 Å². The van der Waals surface area contributed by atoms with Crippen LogP contribution in [0.5, 0.6) is 0 Å². The lowest BCUT2D eigenvalue weighted by Gasteiger charge is -2.51. The SMILES string of the molecule is CCc1cnn(C2(CC#N)CN(C3=C4N(CC=C3)N=CN4Nc3cnn(Cc4cn(C5CCN(C6COC6)CC5)nn4)c3)C2)c1. The molecule has 8 heterocycles. The van der Waals surface area contributed by atoms with Gasteiger partial charge in [-0.25, -0.2) is 14.7 Å². The monoisotopic (exact) mass is 610 g/mol. The van der Waals surface area contributed by atoms with E-state index >= 15 is 0 Å². The topological polar surface area (TPSA) is 137 Å². The van der Waals surface area contributed by atoms with Crippen LogP contribution in [0, 0.1) is 11.3 Å². The van der Waals surface area contributed by atoms with Crippen molar-refractivity contribution >= 4 is 12.0 Å². The molecule has 0 spiro atoms. The van der Waals surface area contributed by atoms with Crippen LogP contribution in [0.4, 0.5) is 5.69 Å². The van der Waals surface area contributed by atoms with Gasteiger partial charge in [-0.2, -0.15) is 20.6 Å². The Morgan fingerprint density at radius 2 is 1.96 bits per heavy atom. The maximum atomic E-state index is 9.63. The minimum absolute atomic E-state index is 0.338. The molecule has 3 aromatic heterocycles. The number of nitriles is 1. The van der Waals surface area contributed by atoms with Gasteiger partial charge in [-0.3, -0.25) is 19.7 Å². The molecule has 1 N–H and O–H groups in total. The molecule has 5 aliphatic heterocycles. The summed E-state index contributed by atoms with van der Waals surface area (Å²) in [4.78, 5) is 4.84. The average molecular weight is 611 g/mol. The standard InChI is InChI=1S/C30H38N14O/c1-2-23-12-33-44(14-23)30(7-8-31)20-39(21-30)28-4-3-9-41-29(28)43(22-34-41)36-24-13-32-40(15-24)16-25-17-42(37-35-25)26-5-10-38(11-6-26)27-18-45-19-27/h3-4,12-15,17,22,26-27,36H,2,5-7,9-11,16,18-21H2,1H3. The number of allylic oxidation sites excluding steroid dienone is 1. The second kappa shape index (κ2) is 11.4. The van der Waals surface area contributed by atoms with Crippen molar-refractivity contribution in [2.75, 3.05) is 51.4 Å². The minimum atomic E-state index is -0.338. The van der Waals surface area contributed by atoms with E-state index in [0.29, 0.717) is 44.7 Å². The summed E-state index contributed by atoms with van der Waals surface area (Å²) in [6.45, 7) is 8.64. The molecule has 3 saturated heterocycles. The van der Waals surface area contributed by atoms with Crippen LogP contribution in [0.3, 0.4) is 0 Å². The molecule has 0 unspecified atom stereocenters. The third-order valence-corrected chi connectivity index (χ3v) is 9.59. The molecule has 0 aliphatic carbocycles. The molecule has 15 nitrogen and oxygen atoms in total. The number of hydrazine groups is 1. The van der Waals surface area contributed by atoms with Gasteiger partial charge in [0.05, 0.1) is 87.0 Å². The fourth-order valence-corrected chi connectivity index (χ4v) is 6.85. The summed E-state index contributed by atoms with van der Waals surface area (Å²) in [5, 5.41) is 36.3. The molecule has 8 rings (SSSR count). The Balaban J connectivity index is 0.917. The lowest BCUT2D eigenvalue weighted by atomic mass is 9.86. The molecule has 3 aromatic rings. The van der Waals surface area contributed by atoms with E-state index in [4.69, 9.17) is 4.74 Å². The number of rotatable bonds is 10. The lowest BCUT2D eigenvalue weighted by molar-refractivity contribution is -0.0734. The van der Waals surface area contributed by atoms with Crippen molar-refractivity contribution in [1.82, 2.24) is 54.4 Å². The number of hydrazone groups is 1. The summed E-state index contributed by atoms with van der Waals surface area (Å²) in [6, 6.07) is 3.37. The fraction of sp³-hybridized carbons (Fsp3) is 0.533. The van der Waals surface area contributed by atoms with E-state index < -0.39 is 0 Å². The number of aromatic nitrogens is 7. The van der Waals surface area contributed by atoms with Gasteiger partial charge in [-0.1, -0.05) is 18.2 Å². The first kappa shape index (κ1) is 27.8. The van der Waals surface area contributed by atoms with Crippen molar-refractivity contribution < 1.29 is 4.74 Å². The zero-order valence-corrected chi connectivity index (χ0v) is 25.5. The summed E-state index contributed by atoms with van der Waals surface area (Å²) in [5.41, 5.74) is 7.09. The Hall–Kier alpha value is -4.68. The molecular weight excluding hydrogens is 572 g/mol. The highest BCUT2D eigenvalue weighted by molar-refractivity contribution is 5.65. The molecule has 5 aliphatic rings. The Morgan fingerprint density at radius 1 is 1.09 bits per heavy atom. The number of likely N-dealkylation sites (tertiary alicyclic amines) is 2. The van der Waals surface area contributed by atoms with Crippen LogP contribution in [-0.4, -0.2) is 113 Å². The zero-order valence-electron chi connectivity index (χ0n) is 25.5. The lowest BCUT2D eigenvalue weighted by Crippen LogP contribution is -2.62. The van der Waals surface area contributed by atoms with Crippen LogP contribution in [-0.2, 0) is 23.2 Å². The van der Waals surface area contributed by atoms with Crippen molar-refractivity contribution in [3.63, 3.8) is 0 Å². The van der Waals surface area contributed by atoms with Gasteiger partial charge in [0.2, 0.25) is 0 Å². The van der Waals surface area contributed by atoms with Crippen LogP contribution in [0.25, 0.3) is 0 Å². The Morgan fingerprint density at radius 3 is 2.71 bits per heavy atom. The number of fused-ring (bicyclic) bond motifs is 1. The van der Waals surface area contributed by atoms with Crippen LogP contribution in [0.2, 0.25) is 0 Å². The molecule has 3 fully saturated rings. The zero-order chi connectivity index (χ0) is 30.4. The number of hydrogen-bond donors (Lipinski definition) is 1. The molecular formula is C30H38N14O. The maximum absolute atomic E-state index is 9.63. The summed E-state index contributed by atoms with van der Waals surface area (Å²) in [5.74, 6) is 0.948. The highest BCUT2D eigenvalue weighted by atomic mass is 16.5. The van der Waals surface area contributed by atoms with Gasteiger partial charge in [0.15, 0.2) is 5.82 Å². The van der Waals surface area contributed by atoms with Gasteiger partial charge in [0.25, 0.3) is 0 Å². The maximum Gasteiger partial charge on any atom is 0.174 e. The minimum Gasteiger partial charge on any atom is -0.378 e. The van der Waals surface area contributed by atoms with Gasteiger partial charge >= 0.3 is 0 Å². The smallest absolute Gasteiger partial charge is 0.174 e. The van der Waals surface area contributed by atoms with Gasteiger partial charge in [-0.15, -0.1) is 5.10 Å². The van der Waals surface area contributed by atoms with Crippen molar-refractivity contribution in [1.29, 1.82) is 5.26 Å². The first-order valence-corrected chi connectivity index (χ1v) is 15.8. The quantitative estimate of drug-likeness (QED) is 0.358. The molecule has 0 atom stereocenters. The highest BCUT2D eigenvalue weighted by Crippen LogP contribution is 2.38. The van der Waals surface area contributed by atoms with Gasteiger partial charge < -0.3 is 9.64 Å². The van der Waals surface area contributed by atoms with E-state index in [1.54, 1.807) is 6.34 Å². The molecule has 0 aromatic carbocycles. The number of nitrogens with one attached hydrogen (secondary N) is 1. The predicted octanol–water partition coefficient (Wildman–Crippen LogP) is 1.57. The fourth-order valence-electron chi connectivity index (χ4n) is 6.85. The second-order valence-electron chi connectivity index (χ2n) is 12.5. The highest BCUT2D eigenvalue weighted by Gasteiger charge is 2.47. The number of ether oxygens (including phenoxy) is 1. The van der Waals surface area contributed by atoms with E-state index in [0.717, 1.165) is 68.5 Å². The Kier molecular flexibility index (Phi) is 7.02. The summed E-state index contributed by atoms with van der Waals surface area (Å²) in [7, 11) is 0. The van der Waals surface area contributed by atoms with Crippen LogP contribution < -0.4 is 5.43 Å². The number of anilines is 1. The van der Waals surface area contributed by atoms with Crippen molar-refractivity contribution in [2.45, 2.75) is 56.8 Å². The Labute approximate surface area is 261 Å². The second-order valence-corrected chi connectivity index (χ2v) is 12.5. The summed E-state index contributed by atoms with van der Waals surface area (Å²) in [6.07, 6.45) is 19.4. The van der Waals surface area contributed by atoms with Crippen LogP contribution in [0.15, 0.2) is 59.8 Å². The summed E-state index contributed by atoms with van der Waals surface area (Å²) < 4.78 is 11.3. The van der Waals surface area contributed by atoms with Crippen LogP contribution >= 0.6 is 0 Å². The molecule has 0 saturated carbocycles. The van der Waals surface area contributed by atoms with E-state index in [-0.39, 0.29) is 5.54 Å². The third-order valence-electron chi connectivity index (χ3n) is 9.59. The molecule has 45 heavy (non-hydrogen) atoms. The predicted molar refractivity (Wildman–Crippen MR) is 164 cm³/mol. The van der Waals surface area contributed by atoms with Crippen molar-refractivity contribution in [2.24, 2.45) is 5.10 Å². The van der Waals surface area contributed by atoms with Crippen LogP contribution in [0.1, 0.15) is 43.5 Å². The first-order valence-electron chi connectivity index (χ1n) is 15.8. The van der Waals surface area contributed by atoms with E-state index in [1.165, 1.54) is 5.56 Å². The third kappa shape index (κ3) is 5.13. The molecule has 0 amide bonds. The number of aryl methyl sites for hydroxylation is 1. The molecule has 15 heteroatoms. The average Bonchev–Trinajstić information content (AvgIpc) is 3.83. The largest absolute Gasteiger partial charge is 0.378 e. The molecule has 0 bridgehead atoms. The number of piperidine rings is 1. The van der Waals surface area contributed by atoms with E-state index in [9.17, 15) is 5.26 Å². The normalized spacial score (nSPS) is 21.6. The summed E-state index contributed by atoms with van der Waals surface area (Å²) >= 11 is 0. The Bertz CT molecular complexity index is 1660. The van der Waals surface area contributed by atoms with Gasteiger partial charge in [0, 0.05) is 32.4 Å². The van der Waals surface area contributed by atoms with Gasteiger partial charge in [0.1, 0.15) is 17.6 Å². The van der Waals surface area contributed by atoms with E-state index in [2.05, 4.69) is 78.4 Å². The van der Waals surface area contributed by atoms with E-state index in [1.807, 2.05) is 42.7 Å². The molecule has 234 valence electrons.